The van der Waals surface area contributed by atoms with Gasteiger partial charge in [0, 0.05) is 0 Å². The minimum absolute atomic E-state index is 0.0730. The number of aliphatic hydroxyl groups is 1. The number of nitrogens with one attached hydrogen (secondary N) is 1. The predicted molar refractivity (Wildman–Crippen MR) is 79.9 cm³/mol. The van der Waals surface area contributed by atoms with Crippen LogP contribution in [0.1, 0.15) is 11.1 Å². The van der Waals surface area contributed by atoms with Gasteiger partial charge in [-0.2, -0.15) is 5.10 Å². The van der Waals surface area contributed by atoms with Crippen molar-refractivity contribution >= 4 is 6.21 Å². The Morgan fingerprint density at radius 2 is 1.80 bits per heavy atom. The Morgan fingerprint density at radius 3 is 2.50 bits per heavy atom. The Hall–Kier alpha value is -2.33. The summed E-state index contributed by atoms with van der Waals surface area (Å²) in [5.41, 5.74) is 4.85. The van der Waals surface area contributed by atoms with Crippen LogP contribution in [0.5, 0.6) is 5.75 Å². The molecule has 2 N–H and O–H groups in total. The number of nitrogens with zero attached hydrogens (tertiary/aromatic N) is 1. The molecule has 0 heterocycles. The van der Waals surface area contributed by atoms with Gasteiger partial charge in [-0.15, -0.1) is 0 Å². The third-order valence-corrected chi connectivity index (χ3v) is 2.66. The Balaban J connectivity index is 1.84. The van der Waals surface area contributed by atoms with E-state index in [2.05, 4.69) is 10.5 Å². The monoisotopic (exact) mass is 270 g/mol. The summed E-state index contributed by atoms with van der Waals surface area (Å²) in [7, 11) is 0. The molecule has 0 fully saturated rings. The lowest BCUT2D eigenvalue weighted by molar-refractivity contribution is 0.294. The molecule has 4 nitrogen and oxygen atoms in total. The zero-order valence-corrected chi connectivity index (χ0v) is 11.2. The number of hydrogen-bond donors (Lipinski definition) is 2. The molecular weight excluding hydrogens is 252 g/mol. The Bertz CT molecular complexity index is 524. The molecule has 0 spiro atoms. The number of hydrogen-bond acceptors (Lipinski definition) is 4. The minimum Gasteiger partial charge on any atom is -0.489 e. The number of rotatable bonds is 7. The molecule has 0 aliphatic carbocycles. The predicted octanol–water partition coefficient (Wildman–Crippen LogP) is 2.18. The first-order valence-corrected chi connectivity index (χ1v) is 6.52. The number of aliphatic hydroxyl groups excluding tert-OH is 1. The molecule has 20 heavy (non-hydrogen) atoms. The minimum atomic E-state index is 0.0730. The summed E-state index contributed by atoms with van der Waals surface area (Å²) in [5.74, 6) is 0.828. The van der Waals surface area contributed by atoms with E-state index < -0.39 is 0 Å². The van der Waals surface area contributed by atoms with Crippen LogP contribution in [-0.2, 0) is 6.61 Å². The second-order valence-corrected chi connectivity index (χ2v) is 4.23. The van der Waals surface area contributed by atoms with Crippen molar-refractivity contribution in [1.82, 2.24) is 5.43 Å². The van der Waals surface area contributed by atoms with Gasteiger partial charge in [0.2, 0.25) is 0 Å². The lowest BCUT2D eigenvalue weighted by Gasteiger charge is -2.06. The Labute approximate surface area is 118 Å². The van der Waals surface area contributed by atoms with Gasteiger partial charge in [-0.3, -0.25) is 0 Å². The molecule has 0 radical (unpaired) electrons. The van der Waals surface area contributed by atoms with Gasteiger partial charge in [0.05, 0.1) is 19.4 Å². The highest BCUT2D eigenvalue weighted by Gasteiger charge is 1.95. The van der Waals surface area contributed by atoms with Crippen molar-refractivity contribution in [2.75, 3.05) is 13.2 Å². The Kier molecular flexibility index (Phi) is 5.61. The Morgan fingerprint density at radius 1 is 1.05 bits per heavy atom. The molecular formula is C16H18N2O2. The fourth-order valence-corrected chi connectivity index (χ4v) is 1.63. The summed E-state index contributed by atoms with van der Waals surface area (Å²) in [6, 6.07) is 17.8. The molecule has 4 heteroatoms. The molecule has 0 unspecified atom stereocenters. The van der Waals surface area contributed by atoms with Crippen LogP contribution in [0.15, 0.2) is 59.7 Å². The maximum atomic E-state index is 8.60. The number of ether oxygens (including phenoxy) is 1. The maximum Gasteiger partial charge on any atom is 0.119 e. The highest BCUT2D eigenvalue weighted by molar-refractivity contribution is 5.79. The van der Waals surface area contributed by atoms with Crippen molar-refractivity contribution in [2.24, 2.45) is 5.10 Å². The third-order valence-electron chi connectivity index (χ3n) is 2.66. The zero-order valence-electron chi connectivity index (χ0n) is 11.2. The van der Waals surface area contributed by atoms with Gasteiger partial charge in [-0.25, -0.2) is 0 Å². The van der Waals surface area contributed by atoms with Crippen LogP contribution >= 0.6 is 0 Å². The van der Waals surface area contributed by atoms with E-state index >= 15 is 0 Å². The molecule has 0 amide bonds. The second-order valence-electron chi connectivity index (χ2n) is 4.23. The number of hydrazone groups is 1. The van der Waals surface area contributed by atoms with Gasteiger partial charge in [0.25, 0.3) is 0 Å². The van der Waals surface area contributed by atoms with Crippen LogP contribution in [0.25, 0.3) is 0 Å². The molecule has 2 aromatic rings. The molecule has 104 valence electrons. The second kappa shape index (κ2) is 7.96. The van der Waals surface area contributed by atoms with Crippen molar-refractivity contribution in [1.29, 1.82) is 0 Å². The summed E-state index contributed by atoms with van der Waals surface area (Å²) in [6.45, 7) is 1.09. The average Bonchev–Trinajstić information content (AvgIpc) is 2.52. The van der Waals surface area contributed by atoms with E-state index in [9.17, 15) is 0 Å². The molecule has 0 atom stereocenters. The van der Waals surface area contributed by atoms with Gasteiger partial charge in [-0.05, 0) is 35.4 Å². The van der Waals surface area contributed by atoms with Crippen LogP contribution < -0.4 is 10.2 Å². The van der Waals surface area contributed by atoms with E-state index in [4.69, 9.17) is 9.84 Å². The quantitative estimate of drug-likeness (QED) is 0.460. The first kappa shape index (κ1) is 14.1. The van der Waals surface area contributed by atoms with Crippen LogP contribution in [0.2, 0.25) is 0 Å². The first-order valence-electron chi connectivity index (χ1n) is 6.52. The molecule has 0 bridgehead atoms. The largest absolute Gasteiger partial charge is 0.489 e. The van der Waals surface area contributed by atoms with Crippen LogP contribution in [-0.4, -0.2) is 24.5 Å². The van der Waals surface area contributed by atoms with E-state index in [-0.39, 0.29) is 6.61 Å². The SMILES string of the molecule is OCCNN=Cc1ccc(OCc2ccccc2)cc1. The molecule has 0 saturated carbocycles. The van der Waals surface area contributed by atoms with E-state index in [0.29, 0.717) is 13.2 Å². The number of benzene rings is 2. The van der Waals surface area contributed by atoms with Gasteiger partial charge >= 0.3 is 0 Å². The summed E-state index contributed by atoms with van der Waals surface area (Å²) in [6.07, 6.45) is 1.70. The average molecular weight is 270 g/mol. The lowest BCUT2D eigenvalue weighted by Crippen LogP contribution is -2.11. The van der Waals surface area contributed by atoms with E-state index in [0.717, 1.165) is 16.9 Å². The van der Waals surface area contributed by atoms with Gasteiger partial charge in [0.15, 0.2) is 0 Å². The molecule has 0 saturated heterocycles. The van der Waals surface area contributed by atoms with Crippen molar-refractivity contribution < 1.29 is 9.84 Å². The summed E-state index contributed by atoms with van der Waals surface area (Å²) in [4.78, 5) is 0. The normalized spacial score (nSPS) is 10.7. The first-order chi connectivity index (χ1) is 9.88. The molecule has 2 rings (SSSR count). The van der Waals surface area contributed by atoms with Crippen LogP contribution in [0.3, 0.4) is 0 Å². The highest BCUT2D eigenvalue weighted by Crippen LogP contribution is 2.13. The van der Waals surface area contributed by atoms with Gasteiger partial charge in [0.1, 0.15) is 12.4 Å². The van der Waals surface area contributed by atoms with Crippen molar-refractivity contribution in [3.63, 3.8) is 0 Å². The van der Waals surface area contributed by atoms with Crippen LogP contribution in [0, 0.1) is 0 Å². The molecule has 0 aliphatic heterocycles. The standard InChI is InChI=1S/C16H18N2O2/c19-11-10-17-18-12-14-6-8-16(9-7-14)20-13-15-4-2-1-3-5-15/h1-9,12,17,19H,10-11,13H2. The third kappa shape index (κ3) is 4.74. The maximum absolute atomic E-state index is 8.60. The smallest absolute Gasteiger partial charge is 0.119 e. The fraction of sp³-hybridized carbons (Fsp3) is 0.188. The summed E-state index contributed by atoms with van der Waals surface area (Å²) in [5, 5.41) is 12.6. The van der Waals surface area contributed by atoms with Gasteiger partial charge in [-0.1, -0.05) is 30.3 Å². The molecule has 2 aromatic carbocycles. The van der Waals surface area contributed by atoms with Crippen LogP contribution in [0.4, 0.5) is 0 Å². The van der Waals surface area contributed by atoms with E-state index in [1.54, 1.807) is 6.21 Å². The van der Waals surface area contributed by atoms with Crippen molar-refractivity contribution in [3.05, 3.63) is 65.7 Å². The fourth-order valence-electron chi connectivity index (χ4n) is 1.63. The molecule has 0 aliphatic rings. The van der Waals surface area contributed by atoms with Crippen molar-refractivity contribution in [3.8, 4) is 5.75 Å². The lowest BCUT2D eigenvalue weighted by atomic mass is 10.2. The topological polar surface area (TPSA) is 53.8 Å². The van der Waals surface area contributed by atoms with E-state index in [1.165, 1.54) is 0 Å². The van der Waals surface area contributed by atoms with Gasteiger partial charge < -0.3 is 15.3 Å². The highest BCUT2D eigenvalue weighted by atomic mass is 16.5. The zero-order chi connectivity index (χ0) is 14.0. The van der Waals surface area contributed by atoms with E-state index in [1.807, 2.05) is 54.6 Å². The van der Waals surface area contributed by atoms with Crippen molar-refractivity contribution in [2.45, 2.75) is 6.61 Å². The summed E-state index contributed by atoms with van der Waals surface area (Å²) >= 11 is 0. The molecule has 0 aromatic heterocycles. The summed E-state index contributed by atoms with van der Waals surface area (Å²) < 4.78 is 5.70.